The molecule has 13 heavy (non-hydrogen) atoms. The van der Waals surface area contributed by atoms with Gasteiger partial charge in [0.1, 0.15) is 5.01 Å². The third kappa shape index (κ3) is 2.25. The van der Waals surface area contributed by atoms with E-state index in [9.17, 15) is 0 Å². The zero-order chi connectivity index (χ0) is 9.10. The number of H-pyrrole nitrogens is 1. The van der Waals surface area contributed by atoms with Gasteiger partial charge >= 0.3 is 0 Å². The molecule has 0 fully saturated rings. The van der Waals surface area contributed by atoms with E-state index in [0.717, 1.165) is 20.8 Å². The van der Waals surface area contributed by atoms with Gasteiger partial charge < -0.3 is 0 Å². The molecule has 0 saturated heterocycles. The molecule has 0 amide bonds. The zero-order valence-corrected chi connectivity index (χ0v) is 8.52. The molecule has 0 atom stereocenters. The van der Waals surface area contributed by atoms with E-state index >= 15 is 0 Å². The number of hydrogen-bond acceptors (Lipinski definition) is 6. The summed E-state index contributed by atoms with van der Waals surface area (Å²) in [6, 6.07) is 0. The largest absolute Gasteiger partial charge is 0.198 e. The van der Waals surface area contributed by atoms with Crippen molar-refractivity contribution in [1.29, 1.82) is 0 Å². The van der Waals surface area contributed by atoms with Crippen LogP contribution in [-0.2, 0) is 5.75 Å². The van der Waals surface area contributed by atoms with Crippen LogP contribution in [-0.4, -0.2) is 25.6 Å². The highest BCUT2D eigenvalue weighted by Crippen LogP contribution is 2.24. The third-order valence-electron chi connectivity index (χ3n) is 1.32. The van der Waals surface area contributed by atoms with Gasteiger partial charge in [-0.15, -0.1) is 10.2 Å². The molecule has 0 aliphatic heterocycles. The van der Waals surface area contributed by atoms with Crippen LogP contribution in [0.2, 0.25) is 0 Å². The van der Waals surface area contributed by atoms with Crippen LogP contribution in [0.25, 0.3) is 0 Å². The molecule has 7 heteroatoms. The summed E-state index contributed by atoms with van der Waals surface area (Å²) in [6.45, 7) is 1.94. The van der Waals surface area contributed by atoms with Crippen LogP contribution in [0.5, 0.6) is 0 Å². The molecule has 0 aliphatic rings. The van der Waals surface area contributed by atoms with Crippen molar-refractivity contribution < 1.29 is 0 Å². The molecule has 0 aromatic carbocycles. The van der Waals surface area contributed by atoms with Crippen LogP contribution in [0.3, 0.4) is 0 Å². The summed E-state index contributed by atoms with van der Waals surface area (Å²) in [6.07, 6.45) is 1.71. The Bertz CT molecular complexity index is 368. The Morgan fingerprint density at radius 1 is 1.54 bits per heavy atom. The lowest BCUT2D eigenvalue weighted by molar-refractivity contribution is 0.925. The van der Waals surface area contributed by atoms with Gasteiger partial charge in [0.25, 0.3) is 0 Å². The van der Waals surface area contributed by atoms with Gasteiger partial charge in [0.15, 0.2) is 4.34 Å². The van der Waals surface area contributed by atoms with Gasteiger partial charge in [0.2, 0.25) is 0 Å². The van der Waals surface area contributed by atoms with E-state index in [1.807, 2.05) is 6.92 Å². The minimum absolute atomic E-state index is 0.783. The van der Waals surface area contributed by atoms with Crippen LogP contribution >= 0.6 is 23.1 Å². The number of aromatic nitrogens is 5. The monoisotopic (exact) mass is 213 g/mol. The fraction of sp³-hybridized carbons (Fsp3) is 0.333. The number of aromatic amines is 1. The van der Waals surface area contributed by atoms with Gasteiger partial charge in [-0.2, -0.15) is 15.4 Å². The zero-order valence-electron chi connectivity index (χ0n) is 6.89. The quantitative estimate of drug-likeness (QED) is 0.777. The first-order chi connectivity index (χ1) is 6.34. The lowest BCUT2D eigenvalue weighted by Crippen LogP contribution is -1.79. The second-order valence-corrected chi connectivity index (χ2v) is 4.74. The van der Waals surface area contributed by atoms with E-state index in [0.29, 0.717) is 0 Å². The fourth-order valence-electron chi connectivity index (χ4n) is 0.767. The van der Waals surface area contributed by atoms with Gasteiger partial charge in [-0.3, -0.25) is 0 Å². The molecule has 2 heterocycles. The second-order valence-electron chi connectivity index (χ2n) is 2.34. The molecular formula is C6H7N5S2. The molecule has 2 aromatic heterocycles. The first kappa shape index (κ1) is 8.64. The van der Waals surface area contributed by atoms with Crippen LogP contribution in [0, 0.1) is 6.92 Å². The SMILES string of the molecule is Cc1nnc(SCc2cn[nH]n2)s1. The minimum Gasteiger partial charge on any atom is -0.198 e. The van der Waals surface area contributed by atoms with Gasteiger partial charge in [0, 0.05) is 5.75 Å². The molecule has 0 aliphatic carbocycles. The molecule has 0 saturated carbocycles. The number of nitrogens with one attached hydrogen (secondary N) is 1. The maximum Gasteiger partial charge on any atom is 0.174 e. The van der Waals surface area contributed by atoms with Crippen LogP contribution < -0.4 is 0 Å². The summed E-state index contributed by atoms with van der Waals surface area (Å²) in [5, 5.41) is 19.1. The predicted molar refractivity (Wildman–Crippen MR) is 50.6 cm³/mol. The van der Waals surface area contributed by atoms with E-state index in [1.165, 1.54) is 0 Å². The second kappa shape index (κ2) is 3.84. The topological polar surface area (TPSA) is 67.3 Å². The van der Waals surface area contributed by atoms with Crippen molar-refractivity contribution in [3.05, 3.63) is 16.9 Å². The molecule has 68 valence electrons. The van der Waals surface area contributed by atoms with Crippen LogP contribution in [0.1, 0.15) is 10.7 Å². The number of nitrogens with zero attached hydrogens (tertiary/aromatic N) is 4. The highest BCUT2D eigenvalue weighted by Gasteiger charge is 2.02. The highest BCUT2D eigenvalue weighted by atomic mass is 32.2. The van der Waals surface area contributed by atoms with Crippen molar-refractivity contribution in [3.63, 3.8) is 0 Å². The third-order valence-corrected chi connectivity index (χ3v) is 3.32. The van der Waals surface area contributed by atoms with Crippen LogP contribution in [0.4, 0.5) is 0 Å². The molecule has 1 N–H and O–H groups in total. The van der Waals surface area contributed by atoms with Crippen molar-refractivity contribution in [2.45, 2.75) is 17.0 Å². The number of hydrogen-bond donors (Lipinski definition) is 1. The Balaban J connectivity index is 1.93. The maximum atomic E-state index is 3.99. The van der Waals surface area contributed by atoms with Crippen molar-refractivity contribution in [1.82, 2.24) is 25.6 Å². The molecule has 0 radical (unpaired) electrons. The van der Waals surface area contributed by atoms with Gasteiger partial charge in [-0.25, -0.2) is 0 Å². The summed E-state index contributed by atoms with van der Waals surface area (Å²) >= 11 is 3.21. The van der Waals surface area contributed by atoms with Gasteiger partial charge in [0.05, 0.1) is 11.9 Å². The average molecular weight is 213 g/mol. The van der Waals surface area contributed by atoms with Crippen LogP contribution in [0.15, 0.2) is 10.5 Å². The molecule has 2 rings (SSSR count). The van der Waals surface area contributed by atoms with Crippen molar-refractivity contribution in [2.24, 2.45) is 0 Å². The lowest BCUT2D eigenvalue weighted by atomic mass is 10.6. The number of aryl methyl sites for hydroxylation is 1. The van der Waals surface area contributed by atoms with E-state index in [4.69, 9.17) is 0 Å². The summed E-state index contributed by atoms with van der Waals surface area (Å²) in [4.78, 5) is 0. The Labute approximate surface area is 83.0 Å². The Morgan fingerprint density at radius 3 is 3.08 bits per heavy atom. The van der Waals surface area contributed by atoms with E-state index < -0.39 is 0 Å². The average Bonchev–Trinajstić information content (AvgIpc) is 2.71. The van der Waals surface area contributed by atoms with Crippen molar-refractivity contribution in [2.75, 3.05) is 0 Å². The summed E-state index contributed by atoms with van der Waals surface area (Å²) in [5.41, 5.74) is 0.929. The summed E-state index contributed by atoms with van der Waals surface area (Å²) in [5.74, 6) is 0.783. The molecule has 0 unspecified atom stereocenters. The van der Waals surface area contributed by atoms with E-state index in [-0.39, 0.29) is 0 Å². The molecule has 2 aromatic rings. The van der Waals surface area contributed by atoms with E-state index in [2.05, 4.69) is 25.6 Å². The standard InChI is InChI=1S/C6H7N5S2/c1-4-8-10-6(13-4)12-3-5-2-7-11-9-5/h2H,3H2,1H3,(H,7,9,11). The smallest absolute Gasteiger partial charge is 0.174 e. The summed E-state index contributed by atoms with van der Waals surface area (Å²) < 4.78 is 0.973. The predicted octanol–water partition coefficient (Wildman–Crippen LogP) is 1.26. The molecule has 0 spiro atoms. The minimum atomic E-state index is 0.783. The Kier molecular flexibility index (Phi) is 2.55. The number of rotatable bonds is 3. The number of thioether (sulfide) groups is 1. The normalized spacial score (nSPS) is 10.5. The first-order valence-electron chi connectivity index (χ1n) is 3.62. The molecular weight excluding hydrogens is 206 g/mol. The lowest BCUT2D eigenvalue weighted by Gasteiger charge is -1.89. The molecule has 5 nitrogen and oxygen atoms in total. The maximum absolute atomic E-state index is 3.99. The Morgan fingerprint density at radius 2 is 2.46 bits per heavy atom. The Hall–Kier alpha value is -0.950. The van der Waals surface area contributed by atoms with Crippen molar-refractivity contribution >= 4 is 23.1 Å². The van der Waals surface area contributed by atoms with E-state index in [1.54, 1.807) is 29.3 Å². The van der Waals surface area contributed by atoms with Gasteiger partial charge in [-0.05, 0) is 6.92 Å². The fourth-order valence-corrected chi connectivity index (χ4v) is 2.47. The highest BCUT2D eigenvalue weighted by molar-refractivity contribution is 8.00. The first-order valence-corrected chi connectivity index (χ1v) is 5.42. The molecule has 0 bridgehead atoms. The van der Waals surface area contributed by atoms with Gasteiger partial charge in [-0.1, -0.05) is 23.1 Å². The van der Waals surface area contributed by atoms with Crippen molar-refractivity contribution in [3.8, 4) is 0 Å². The summed E-state index contributed by atoms with van der Waals surface area (Å²) in [7, 11) is 0.